The Morgan fingerprint density at radius 2 is 1.41 bits per heavy atom. The van der Waals surface area contributed by atoms with Crippen LogP contribution in [-0.2, 0) is 9.59 Å². The fraction of sp³-hybridized carbons (Fsp3) is 0.826. The van der Waals surface area contributed by atoms with Gasteiger partial charge in [-0.1, -0.05) is 70.4 Å². The average Bonchev–Trinajstić information content (AvgIpc) is 2.67. The van der Waals surface area contributed by atoms with Gasteiger partial charge in [0.05, 0.1) is 0 Å². The van der Waals surface area contributed by atoms with Gasteiger partial charge in [-0.2, -0.15) is 11.8 Å². The first-order valence-corrected chi connectivity index (χ1v) is 12.7. The van der Waals surface area contributed by atoms with Gasteiger partial charge in [0.25, 0.3) is 0 Å². The van der Waals surface area contributed by atoms with Crippen molar-refractivity contribution in [3.63, 3.8) is 0 Å². The van der Waals surface area contributed by atoms with Crippen LogP contribution in [0.2, 0.25) is 0 Å². The predicted octanol–water partition coefficient (Wildman–Crippen LogP) is 5.70. The van der Waals surface area contributed by atoms with Gasteiger partial charge in [0.1, 0.15) is 6.04 Å². The zero-order valence-corrected chi connectivity index (χ0v) is 19.0. The van der Waals surface area contributed by atoms with Crippen molar-refractivity contribution in [1.29, 1.82) is 0 Å². The van der Waals surface area contributed by atoms with E-state index in [-0.39, 0.29) is 57.3 Å². The molecule has 1 atom stereocenters. The zero-order chi connectivity index (χ0) is 20.9. The van der Waals surface area contributed by atoms with Crippen molar-refractivity contribution in [1.82, 2.24) is 5.32 Å². The Balaban J connectivity index is 0. The first-order valence-electron chi connectivity index (χ1n) is 11.3. The summed E-state index contributed by atoms with van der Waals surface area (Å²) in [5.74, 6) is -0.330. The van der Waals surface area contributed by atoms with Gasteiger partial charge in [0.2, 0.25) is 5.91 Å². The van der Waals surface area contributed by atoms with Crippen molar-refractivity contribution in [2.45, 2.75) is 109 Å². The first-order chi connectivity index (χ1) is 13.6. The molecule has 1 amide bonds. The molecule has 2 N–H and O–H groups in total. The summed E-state index contributed by atoms with van der Waals surface area (Å²) in [6.45, 7) is 2.25. The number of hydrogen-bond donors (Lipinski definition) is 2. The molecule has 0 radical (unpaired) electrons. The summed E-state index contributed by atoms with van der Waals surface area (Å²) in [5, 5.41) is 11.8. The monoisotopic (exact) mass is 453 g/mol. The van der Waals surface area contributed by atoms with Crippen molar-refractivity contribution in [2.75, 3.05) is 12.0 Å². The van der Waals surface area contributed by atoms with Gasteiger partial charge < -0.3 is 10.4 Å². The summed E-state index contributed by atoms with van der Waals surface area (Å²) < 4.78 is 0. The number of rotatable bonds is 20. The maximum atomic E-state index is 11.9. The number of hydrogen-bond acceptors (Lipinski definition) is 3. The standard InChI is InChI=1S/C23H43NO3S.K.H/c1-3-4-5-6-7-8-9-10-11-12-13-14-15-16-17-18-22(25)24-21(23(26)27)19-20-28-2;;/h10-11,21H,3-9,12-20H2,1-2H3,(H,24,25)(H,26,27);;/b11-10-;;/t21-;;/m0../s1. The van der Waals surface area contributed by atoms with Crippen LogP contribution in [0.3, 0.4) is 0 Å². The number of carbonyl (C=O) groups excluding carboxylic acids is 1. The molecule has 0 aliphatic rings. The van der Waals surface area contributed by atoms with Gasteiger partial charge in [-0.05, 0) is 50.5 Å². The predicted molar refractivity (Wildman–Crippen MR) is 129 cm³/mol. The summed E-state index contributed by atoms with van der Waals surface area (Å²) in [6, 6.07) is -0.747. The van der Waals surface area contributed by atoms with Gasteiger partial charge in [-0.15, -0.1) is 0 Å². The Labute approximate surface area is 226 Å². The van der Waals surface area contributed by atoms with Crippen LogP contribution in [0.4, 0.5) is 0 Å². The summed E-state index contributed by atoms with van der Waals surface area (Å²) in [6.07, 6.45) is 23.5. The molecule has 0 aromatic carbocycles. The summed E-state index contributed by atoms with van der Waals surface area (Å²) in [5.41, 5.74) is 0. The van der Waals surface area contributed by atoms with Gasteiger partial charge in [0.15, 0.2) is 0 Å². The summed E-state index contributed by atoms with van der Waals surface area (Å²) in [4.78, 5) is 23.0. The van der Waals surface area contributed by atoms with E-state index >= 15 is 0 Å². The first kappa shape index (κ1) is 31.8. The SMILES string of the molecule is CCCCCCCC/C=C\CCCCCCCC(=O)N[C@@H](CCSC)C(=O)O.[KH]. The molecule has 0 spiro atoms. The van der Waals surface area contributed by atoms with E-state index in [0.29, 0.717) is 12.8 Å². The van der Waals surface area contributed by atoms with Gasteiger partial charge >= 0.3 is 57.4 Å². The molecular formula is C23H44KNO3S. The van der Waals surface area contributed by atoms with E-state index in [2.05, 4.69) is 24.4 Å². The molecule has 29 heavy (non-hydrogen) atoms. The van der Waals surface area contributed by atoms with E-state index < -0.39 is 12.0 Å². The molecule has 0 saturated heterocycles. The van der Waals surface area contributed by atoms with Crippen LogP contribution in [-0.4, -0.2) is 86.4 Å². The molecule has 0 aliphatic carbocycles. The molecule has 0 heterocycles. The topological polar surface area (TPSA) is 66.4 Å². The fourth-order valence-electron chi connectivity index (χ4n) is 3.12. The van der Waals surface area contributed by atoms with Gasteiger partial charge in [0, 0.05) is 6.42 Å². The van der Waals surface area contributed by atoms with Crippen molar-refractivity contribution in [2.24, 2.45) is 0 Å². The van der Waals surface area contributed by atoms with E-state index in [1.165, 1.54) is 57.8 Å². The molecule has 0 bridgehead atoms. The van der Waals surface area contributed by atoms with Crippen molar-refractivity contribution < 1.29 is 14.7 Å². The fourth-order valence-corrected chi connectivity index (χ4v) is 3.59. The van der Waals surface area contributed by atoms with E-state index in [0.717, 1.165) is 31.4 Å². The number of allylic oxidation sites excluding steroid dienone is 2. The van der Waals surface area contributed by atoms with Crippen LogP contribution < -0.4 is 5.32 Å². The number of aliphatic carboxylic acids is 1. The molecule has 0 aromatic rings. The quantitative estimate of drug-likeness (QED) is 0.141. The van der Waals surface area contributed by atoms with Crippen LogP contribution in [0.25, 0.3) is 0 Å². The third-order valence-electron chi connectivity index (χ3n) is 4.91. The van der Waals surface area contributed by atoms with E-state index in [1.54, 1.807) is 11.8 Å². The Morgan fingerprint density at radius 1 is 0.897 bits per heavy atom. The number of thioether (sulfide) groups is 1. The third kappa shape index (κ3) is 23.2. The molecule has 0 saturated carbocycles. The number of carbonyl (C=O) groups is 2. The number of carboxylic acid groups (broad SMARTS) is 1. The minimum atomic E-state index is -0.938. The normalized spacial score (nSPS) is 11.9. The van der Waals surface area contributed by atoms with Crippen molar-refractivity contribution >= 4 is 75.0 Å². The van der Waals surface area contributed by atoms with E-state index in [1.807, 2.05) is 6.26 Å². The van der Waals surface area contributed by atoms with E-state index in [9.17, 15) is 9.59 Å². The van der Waals surface area contributed by atoms with Crippen LogP contribution in [0.1, 0.15) is 103 Å². The summed E-state index contributed by atoms with van der Waals surface area (Å²) in [7, 11) is 0. The van der Waals surface area contributed by atoms with Crippen LogP contribution in [0, 0.1) is 0 Å². The second kappa shape index (κ2) is 24.9. The van der Waals surface area contributed by atoms with Crippen molar-refractivity contribution in [3.05, 3.63) is 12.2 Å². The molecule has 6 heteroatoms. The number of unbranched alkanes of at least 4 members (excludes halogenated alkanes) is 11. The van der Waals surface area contributed by atoms with Crippen LogP contribution in [0.15, 0.2) is 12.2 Å². The molecule has 0 unspecified atom stereocenters. The number of amides is 1. The molecule has 0 aliphatic heterocycles. The molecule has 0 fully saturated rings. The average molecular weight is 454 g/mol. The third-order valence-corrected chi connectivity index (χ3v) is 5.55. The molecule has 0 rings (SSSR count). The molecular weight excluding hydrogens is 409 g/mol. The zero-order valence-electron chi connectivity index (χ0n) is 18.2. The van der Waals surface area contributed by atoms with Crippen LogP contribution >= 0.6 is 11.8 Å². The second-order valence-electron chi connectivity index (χ2n) is 7.57. The molecule has 4 nitrogen and oxygen atoms in total. The second-order valence-corrected chi connectivity index (χ2v) is 8.56. The van der Waals surface area contributed by atoms with Crippen LogP contribution in [0.5, 0.6) is 0 Å². The molecule has 166 valence electrons. The van der Waals surface area contributed by atoms with Gasteiger partial charge in [-0.25, -0.2) is 4.79 Å². The Bertz CT molecular complexity index is 419. The Kier molecular flexibility index (Phi) is 27.4. The molecule has 0 aromatic heterocycles. The Hall–Kier alpha value is 0.666. The maximum absolute atomic E-state index is 11.9. The number of nitrogens with one attached hydrogen (secondary N) is 1. The Morgan fingerprint density at radius 3 is 1.93 bits per heavy atom. The van der Waals surface area contributed by atoms with E-state index in [4.69, 9.17) is 5.11 Å². The summed E-state index contributed by atoms with van der Waals surface area (Å²) >= 11 is 1.59. The number of carboxylic acids is 1. The minimum absolute atomic E-state index is 0. The van der Waals surface area contributed by atoms with Crippen molar-refractivity contribution in [3.8, 4) is 0 Å². The van der Waals surface area contributed by atoms with Gasteiger partial charge in [-0.3, -0.25) is 4.79 Å².